The smallest absolute Gasteiger partial charge is 0.411 e. The fourth-order valence-corrected chi connectivity index (χ4v) is 5.82. The van der Waals surface area contributed by atoms with E-state index in [1.54, 1.807) is 47.6 Å². The Kier molecular flexibility index (Phi) is 9.42. The Hall–Kier alpha value is -4.72. The lowest BCUT2D eigenvalue weighted by Gasteiger charge is -2.50. The van der Waals surface area contributed by atoms with Gasteiger partial charge >= 0.3 is 18.2 Å². The third-order valence-electron chi connectivity index (χ3n) is 7.44. The summed E-state index contributed by atoms with van der Waals surface area (Å²) in [5.41, 5.74) is -0.994. The Morgan fingerprint density at radius 3 is 2.29 bits per heavy atom. The number of ether oxygens (including phenoxy) is 3. The van der Waals surface area contributed by atoms with Gasteiger partial charge < -0.3 is 28.7 Å². The number of carbonyl (C=O) groups excluding carboxylic acids is 2. The maximum absolute atomic E-state index is 14.3. The molecule has 0 radical (unpaired) electrons. The zero-order valence-corrected chi connectivity index (χ0v) is 27.9. The molecule has 15 heteroatoms. The van der Waals surface area contributed by atoms with Crippen molar-refractivity contribution in [3.8, 4) is 17.1 Å². The first kappa shape index (κ1) is 34.6. The zero-order valence-electron chi connectivity index (χ0n) is 27.2. The minimum atomic E-state index is -1.26. The number of amides is 2. The van der Waals surface area contributed by atoms with Gasteiger partial charge in [0, 0.05) is 31.4 Å². The highest BCUT2D eigenvalue weighted by atomic mass is 35.5. The number of carboxylic acids is 1. The molecule has 2 aromatic heterocycles. The van der Waals surface area contributed by atoms with E-state index in [0.29, 0.717) is 11.1 Å². The predicted molar refractivity (Wildman–Crippen MR) is 168 cm³/mol. The third-order valence-corrected chi connectivity index (χ3v) is 7.81. The molecule has 2 aliphatic rings. The summed E-state index contributed by atoms with van der Waals surface area (Å²) in [7, 11) is 0. The van der Waals surface area contributed by atoms with Crippen molar-refractivity contribution in [2.45, 2.75) is 77.9 Å². The van der Waals surface area contributed by atoms with Gasteiger partial charge in [0.1, 0.15) is 28.5 Å². The van der Waals surface area contributed by atoms with E-state index in [9.17, 15) is 28.3 Å². The topological polar surface area (TPSA) is 145 Å². The van der Waals surface area contributed by atoms with Crippen LogP contribution in [0.1, 0.15) is 59.3 Å². The lowest BCUT2D eigenvalue weighted by molar-refractivity contribution is -0.134. The summed E-state index contributed by atoms with van der Waals surface area (Å²) in [6, 6.07) is 4.73. The number of rotatable bonds is 6. The van der Waals surface area contributed by atoms with Crippen LogP contribution in [0.2, 0.25) is 5.02 Å². The van der Waals surface area contributed by atoms with Gasteiger partial charge in [0.05, 0.1) is 28.2 Å². The molecule has 5 rings (SSSR count). The van der Waals surface area contributed by atoms with Gasteiger partial charge in [0.2, 0.25) is 5.88 Å². The Morgan fingerprint density at radius 1 is 1.00 bits per heavy atom. The quantitative estimate of drug-likeness (QED) is 0.277. The van der Waals surface area contributed by atoms with Crippen molar-refractivity contribution in [1.29, 1.82) is 0 Å². The number of aliphatic carboxylic acids is 1. The van der Waals surface area contributed by atoms with Crippen molar-refractivity contribution in [1.82, 2.24) is 19.9 Å². The molecule has 48 heavy (non-hydrogen) atoms. The average molecular weight is 689 g/mol. The Morgan fingerprint density at radius 2 is 1.67 bits per heavy atom. The van der Waals surface area contributed by atoms with E-state index in [0.717, 1.165) is 12.1 Å². The number of nitrogens with zero attached hydrogens (tertiary/aromatic N) is 4. The summed E-state index contributed by atoms with van der Waals surface area (Å²) >= 11 is 5.92. The number of benzene rings is 1. The predicted octanol–water partition coefficient (Wildman–Crippen LogP) is 6.71. The minimum Gasteiger partial charge on any atom is -0.478 e. The SMILES string of the molecule is CC(C)(C)OC(=O)N1CC2CC(c3ccc(OCc4cc(-c5c(F)ccc(F)c5Cl)no4)nc3)=C(C(=O)O)C(C1)N2C(=O)OC(C)(C)C. The largest absolute Gasteiger partial charge is 0.478 e. The first-order valence-electron chi connectivity index (χ1n) is 15.1. The maximum atomic E-state index is 14.3. The van der Waals surface area contributed by atoms with E-state index in [1.807, 2.05) is 0 Å². The van der Waals surface area contributed by atoms with E-state index in [4.69, 9.17) is 30.3 Å². The number of hydrogen-bond acceptors (Lipinski definition) is 9. The maximum Gasteiger partial charge on any atom is 0.411 e. The molecule has 2 atom stereocenters. The summed E-state index contributed by atoms with van der Waals surface area (Å²) < 4.78 is 50.2. The lowest BCUT2D eigenvalue weighted by Crippen LogP contribution is -2.65. The number of fused-ring (bicyclic) bond motifs is 2. The molecule has 2 aliphatic heterocycles. The Balaban J connectivity index is 1.38. The molecule has 12 nitrogen and oxygen atoms in total. The molecule has 3 aromatic rings. The van der Waals surface area contributed by atoms with Gasteiger partial charge in [-0.05, 0) is 77.3 Å². The van der Waals surface area contributed by atoms with Gasteiger partial charge in [-0.3, -0.25) is 4.90 Å². The number of carbonyl (C=O) groups is 3. The molecule has 256 valence electrons. The van der Waals surface area contributed by atoms with Crippen LogP contribution >= 0.6 is 11.6 Å². The summed E-state index contributed by atoms with van der Waals surface area (Å²) in [5, 5.41) is 13.8. The highest BCUT2D eigenvalue weighted by Crippen LogP contribution is 2.40. The van der Waals surface area contributed by atoms with Crippen LogP contribution in [0, 0.1) is 11.6 Å². The monoisotopic (exact) mass is 688 g/mol. The first-order valence-corrected chi connectivity index (χ1v) is 15.4. The zero-order chi connectivity index (χ0) is 35.1. The Bertz CT molecular complexity index is 1760. The molecule has 0 spiro atoms. The van der Waals surface area contributed by atoms with Crippen LogP contribution in [0.4, 0.5) is 18.4 Å². The number of hydrogen-bond donors (Lipinski definition) is 1. The van der Waals surface area contributed by atoms with Crippen LogP contribution in [0.3, 0.4) is 0 Å². The van der Waals surface area contributed by atoms with Crippen LogP contribution in [0.5, 0.6) is 5.88 Å². The molecular formula is C33H35ClF2N4O8. The summed E-state index contributed by atoms with van der Waals surface area (Å²) in [6.07, 6.45) is 0.254. The summed E-state index contributed by atoms with van der Waals surface area (Å²) in [4.78, 5) is 46.3. The summed E-state index contributed by atoms with van der Waals surface area (Å²) in [5.74, 6) is -2.49. The van der Waals surface area contributed by atoms with E-state index in [-0.39, 0.29) is 54.6 Å². The molecular weight excluding hydrogens is 654 g/mol. The van der Waals surface area contributed by atoms with Gasteiger partial charge in [-0.1, -0.05) is 16.8 Å². The van der Waals surface area contributed by atoms with Gasteiger partial charge in [-0.25, -0.2) is 28.1 Å². The van der Waals surface area contributed by atoms with Crippen LogP contribution in [-0.4, -0.2) is 79.6 Å². The van der Waals surface area contributed by atoms with E-state index < -0.39 is 58.1 Å². The van der Waals surface area contributed by atoms with Crippen molar-refractivity contribution in [3.05, 3.63) is 70.1 Å². The molecule has 1 aromatic carbocycles. The first-order chi connectivity index (χ1) is 22.4. The van der Waals surface area contributed by atoms with Gasteiger partial charge in [0.25, 0.3) is 0 Å². The normalized spacial score (nSPS) is 18.1. The van der Waals surface area contributed by atoms with Crippen molar-refractivity contribution in [2.75, 3.05) is 13.1 Å². The number of pyridine rings is 1. The minimum absolute atomic E-state index is 0.0134. The molecule has 1 N–H and O–H groups in total. The van der Waals surface area contributed by atoms with Gasteiger partial charge in [-0.15, -0.1) is 0 Å². The van der Waals surface area contributed by atoms with Gasteiger partial charge in [0.15, 0.2) is 12.4 Å². The van der Waals surface area contributed by atoms with Gasteiger partial charge in [-0.2, -0.15) is 0 Å². The molecule has 1 fully saturated rings. The van der Waals surface area contributed by atoms with E-state index in [1.165, 1.54) is 28.1 Å². The molecule has 4 heterocycles. The lowest BCUT2D eigenvalue weighted by atomic mass is 9.82. The third kappa shape index (κ3) is 7.53. The van der Waals surface area contributed by atoms with E-state index >= 15 is 0 Å². The van der Waals surface area contributed by atoms with Crippen molar-refractivity contribution < 1.29 is 47.0 Å². The highest BCUT2D eigenvalue weighted by molar-refractivity contribution is 6.33. The van der Waals surface area contributed by atoms with Crippen LogP contribution in [0.25, 0.3) is 16.8 Å². The molecule has 2 unspecified atom stereocenters. The van der Waals surface area contributed by atoms with Crippen molar-refractivity contribution in [2.24, 2.45) is 0 Å². The van der Waals surface area contributed by atoms with Crippen molar-refractivity contribution >= 4 is 35.3 Å². The van der Waals surface area contributed by atoms with Crippen LogP contribution < -0.4 is 4.74 Å². The number of aromatic nitrogens is 2. The highest BCUT2D eigenvalue weighted by Gasteiger charge is 2.49. The Labute approximate surface area is 280 Å². The van der Waals surface area contributed by atoms with Crippen LogP contribution in [0.15, 0.2) is 46.6 Å². The molecule has 2 bridgehead atoms. The molecule has 1 saturated heterocycles. The van der Waals surface area contributed by atoms with E-state index in [2.05, 4.69) is 10.1 Å². The number of piperazine rings is 1. The second kappa shape index (κ2) is 13.1. The fraction of sp³-hybridized carbons (Fsp3) is 0.424. The molecule has 0 aliphatic carbocycles. The summed E-state index contributed by atoms with van der Waals surface area (Å²) in [6.45, 7) is 10.2. The standard InChI is InChI=1S/C33H35ClF2N4O8/c1-32(2,3)46-30(43)39-14-18-11-20(26(29(41)42)24(15-39)40(18)31(44)47-33(4,5)6)17-7-10-25(37-13-17)45-16-19-12-23(38-48-19)27-21(35)8-9-22(36)28(27)34/h7-10,12-13,18,24H,11,14-16H2,1-6H3,(H,41,42). The van der Waals surface area contributed by atoms with Crippen LogP contribution in [-0.2, 0) is 20.9 Å². The second-order valence-corrected chi connectivity index (χ2v) is 13.8. The molecule has 0 saturated carbocycles. The average Bonchev–Trinajstić information content (AvgIpc) is 3.44. The number of carboxylic acid groups (broad SMARTS) is 1. The molecule has 2 amide bonds. The van der Waals surface area contributed by atoms with Crippen molar-refractivity contribution in [3.63, 3.8) is 0 Å². The fourth-order valence-electron chi connectivity index (χ4n) is 5.57. The number of halogens is 3. The second-order valence-electron chi connectivity index (χ2n) is 13.4.